The molecule has 7 nitrogen and oxygen atoms in total. The van der Waals surface area contributed by atoms with Gasteiger partial charge in [-0.25, -0.2) is 4.79 Å². The predicted molar refractivity (Wildman–Crippen MR) is 179 cm³/mol. The maximum atomic E-state index is 12.7. The lowest BCUT2D eigenvalue weighted by atomic mass is 10.0. The van der Waals surface area contributed by atoms with Gasteiger partial charge in [-0.3, -0.25) is 9.59 Å². The van der Waals surface area contributed by atoms with Gasteiger partial charge in [-0.2, -0.15) is 11.8 Å². The van der Waals surface area contributed by atoms with Crippen molar-refractivity contribution >= 4 is 68.9 Å². The fourth-order valence-corrected chi connectivity index (χ4v) is 9.61. The van der Waals surface area contributed by atoms with Gasteiger partial charge in [0.1, 0.15) is 3.53 Å². The summed E-state index contributed by atoms with van der Waals surface area (Å²) in [5.74, 6) is 1.93. The number of nitrogens with one attached hydrogen (secondary N) is 4. The normalized spacial score (nSPS) is 20.1. The van der Waals surface area contributed by atoms with Crippen LogP contribution in [0.2, 0.25) is 0 Å². The minimum absolute atomic E-state index is 0.0141. The smallest absolute Gasteiger partial charge is 0.315 e. The zero-order valence-corrected chi connectivity index (χ0v) is 28.1. The van der Waals surface area contributed by atoms with E-state index in [1.807, 2.05) is 25.6 Å². The topological polar surface area (TPSA) is 99.3 Å². The number of carbonyl (C=O) groups is 3. The summed E-state index contributed by atoms with van der Waals surface area (Å²) in [7, 11) is 0. The van der Waals surface area contributed by atoms with E-state index in [1.54, 1.807) is 11.8 Å². The molecule has 40 heavy (non-hydrogen) atoms. The Morgan fingerprint density at radius 2 is 1.60 bits per heavy atom. The molecule has 11 heteroatoms. The lowest BCUT2D eigenvalue weighted by Crippen LogP contribution is -2.43. The number of fused-ring (bicyclic) bond motifs is 1. The number of amides is 4. The Kier molecular flexibility index (Phi) is 18.0. The Bertz CT molecular complexity index is 799. The predicted octanol–water partition coefficient (Wildman–Crippen LogP) is 6.40. The molecule has 3 atom stereocenters. The van der Waals surface area contributed by atoms with Crippen molar-refractivity contribution in [1.29, 1.82) is 0 Å². The molecule has 0 spiro atoms. The SMILES string of the molecule is CCCCCCCCCCCCSC(=S)SC(C)(C)C(=O)NCCNC(=O)CCCC[C@@H]1SC[C@@H]2NC(=O)N[C@@H]21. The third-order valence-corrected chi connectivity index (χ3v) is 11.7. The zero-order valence-electron chi connectivity index (χ0n) is 24.8. The van der Waals surface area contributed by atoms with Crippen molar-refractivity contribution in [1.82, 2.24) is 21.3 Å². The molecular formula is C29H52N4O3S4. The van der Waals surface area contributed by atoms with Crippen LogP contribution >= 0.6 is 47.5 Å². The minimum atomic E-state index is -0.641. The number of unbranched alkanes of at least 4 members (excludes halogenated alkanes) is 10. The molecule has 2 aliphatic rings. The second-order valence-corrected chi connectivity index (χ2v) is 16.6. The molecule has 0 unspecified atom stereocenters. The Balaban J connectivity index is 1.43. The van der Waals surface area contributed by atoms with Gasteiger partial charge in [-0.05, 0) is 38.9 Å². The number of hydrogen-bond donors (Lipinski definition) is 4. The molecule has 2 aliphatic heterocycles. The molecule has 4 amide bonds. The highest BCUT2D eigenvalue weighted by Crippen LogP contribution is 2.33. The molecule has 2 saturated heterocycles. The van der Waals surface area contributed by atoms with Crippen LogP contribution in [0, 0.1) is 0 Å². The standard InChI is InChI=1S/C29H52N4O3S4/c1-4-5-6-7-8-9-10-11-12-15-20-38-28(37)40-29(2,3)26(35)31-19-18-30-24(34)17-14-13-16-23-25-22(21-39-23)32-27(36)33-25/h22-23,25H,4-21H2,1-3H3,(H,30,34)(H,31,35)(H2,32,33,36)/t22-,23-,25-/m0/s1. The van der Waals surface area contributed by atoms with Crippen LogP contribution < -0.4 is 21.3 Å². The van der Waals surface area contributed by atoms with E-state index in [2.05, 4.69) is 28.2 Å². The summed E-state index contributed by atoms with van der Waals surface area (Å²) in [6.07, 6.45) is 16.5. The molecule has 230 valence electrons. The van der Waals surface area contributed by atoms with E-state index in [0.717, 1.165) is 34.3 Å². The number of thiocarbonyl (C=S) groups is 1. The van der Waals surface area contributed by atoms with E-state index in [1.165, 1.54) is 76.0 Å². The molecule has 0 radical (unpaired) electrons. The van der Waals surface area contributed by atoms with Crippen LogP contribution in [0.15, 0.2) is 0 Å². The van der Waals surface area contributed by atoms with E-state index < -0.39 is 4.75 Å². The van der Waals surface area contributed by atoms with Gasteiger partial charge in [0.25, 0.3) is 0 Å². The van der Waals surface area contributed by atoms with Crippen LogP contribution in [0.25, 0.3) is 0 Å². The summed E-state index contributed by atoms with van der Waals surface area (Å²) >= 11 is 10.6. The first-order valence-corrected chi connectivity index (χ1v) is 18.6. The first-order valence-electron chi connectivity index (χ1n) is 15.3. The maximum Gasteiger partial charge on any atom is 0.315 e. The molecule has 0 aromatic carbocycles. The van der Waals surface area contributed by atoms with Crippen molar-refractivity contribution in [3.8, 4) is 0 Å². The molecule has 0 aromatic heterocycles. The summed E-state index contributed by atoms with van der Waals surface area (Å²) in [4.78, 5) is 36.4. The van der Waals surface area contributed by atoms with Crippen molar-refractivity contribution < 1.29 is 14.4 Å². The van der Waals surface area contributed by atoms with Gasteiger partial charge in [0.15, 0.2) is 0 Å². The summed E-state index contributed by atoms with van der Waals surface area (Å²) in [5, 5.41) is 12.2. The molecule has 2 rings (SSSR count). The fraction of sp³-hybridized carbons (Fsp3) is 0.862. The van der Waals surface area contributed by atoms with E-state index >= 15 is 0 Å². The van der Waals surface area contributed by atoms with Crippen molar-refractivity contribution in [3.63, 3.8) is 0 Å². The number of hydrogen-bond acceptors (Lipinski definition) is 7. The van der Waals surface area contributed by atoms with E-state index in [4.69, 9.17) is 12.2 Å². The van der Waals surface area contributed by atoms with Crippen LogP contribution in [0.5, 0.6) is 0 Å². The lowest BCUT2D eigenvalue weighted by Gasteiger charge is -2.23. The average Bonchev–Trinajstić information content (AvgIpc) is 3.46. The van der Waals surface area contributed by atoms with Gasteiger partial charge in [0, 0.05) is 30.5 Å². The minimum Gasteiger partial charge on any atom is -0.354 e. The quantitative estimate of drug-likeness (QED) is 0.0661. The number of carbonyl (C=O) groups excluding carboxylic acids is 3. The molecule has 0 bridgehead atoms. The zero-order chi connectivity index (χ0) is 29.2. The molecule has 2 fully saturated rings. The van der Waals surface area contributed by atoms with Gasteiger partial charge in [0.05, 0.1) is 16.8 Å². The fourth-order valence-electron chi connectivity index (χ4n) is 4.98. The highest BCUT2D eigenvalue weighted by molar-refractivity contribution is 8.47. The summed E-state index contributed by atoms with van der Waals surface area (Å²) in [6, 6.07) is 0.401. The highest BCUT2D eigenvalue weighted by Gasteiger charge is 2.42. The highest BCUT2D eigenvalue weighted by atomic mass is 32.2. The number of rotatable bonds is 21. The van der Waals surface area contributed by atoms with Crippen LogP contribution in [0.1, 0.15) is 111 Å². The van der Waals surface area contributed by atoms with Crippen LogP contribution in [0.4, 0.5) is 4.79 Å². The Morgan fingerprint density at radius 1 is 0.950 bits per heavy atom. The first-order chi connectivity index (χ1) is 19.2. The van der Waals surface area contributed by atoms with E-state index in [9.17, 15) is 14.4 Å². The molecule has 0 aliphatic carbocycles. The van der Waals surface area contributed by atoms with Crippen LogP contribution in [-0.4, -0.2) is 68.0 Å². The Labute approximate surface area is 260 Å². The largest absolute Gasteiger partial charge is 0.354 e. The van der Waals surface area contributed by atoms with Crippen molar-refractivity contribution in [2.24, 2.45) is 0 Å². The van der Waals surface area contributed by atoms with Gasteiger partial charge in [0.2, 0.25) is 11.8 Å². The Hall–Kier alpha value is -0.650. The molecule has 0 saturated carbocycles. The second kappa shape index (κ2) is 20.3. The van der Waals surface area contributed by atoms with E-state index in [0.29, 0.717) is 24.8 Å². The third kappa shape index (κ3) is 14.5. The van der Waals surface area contributed by atoms with Gasteiger partial charge in [-0.1, -0.05) is 95.1 Å². The third-order valence-electron chi connectivity index (χ3n) is 7.42. The van der Waals surface area contributed by atoms with Crippen LogP contribution in [0.3, 0.4) is 0 Å². The second-order valence-electron chi connectivity index (χ2n) is 11.4. The molecular weight excluding hydrogens is 581 g/mol. The summed E-state index contributed by atoms with van der Waals surface area (Å²) < 4.78 is 0.180. The average molecular weight is 633 g/mol. The number of urea groups is 1. The molecule has 0 aromatic rings. The van der Waals surface area contributed by atoms with Crippen molar-refractivity contribution in [2.75, 3.05) is 24.6 Å². The lowest BCUT2D eigenvalue weighted by molar-refractivity contribution is -0.123. The van der Waals surface area contributed by atoms with Gasteiger partial charge in [-0.15, -0.1) is 11.8 Å². The monoisotopic (exact) mass is 632 g/mol. The van der Waals surface area contributed by atoms with Crippen molar-refractivity contribution in [2.45, 2.75) is 133 Å². The van der Waals surface area contributed by atoms with Crippen molar-refractivity contribution in [3.05, 3.63) is 0 Å². The van der Waals surface area contributed by atoms with E-state index in [-0.39, 0.29) is 29.9 Å². The first kappa shape index (κ1) is 35.5. The molecule has 4 N–H and O–H groups in total. The molecule has 2 heterocycles. The van der Waals surface area contributed by atoms with Gasteiger partial charge >= 0.3 is 6.03 Å². The summed E-state index contributed by atoms with van der Waals surface area (Å²) in [5.41, 5.74) is 0. The summed E-state index contributed by atoms with van der Waals surface area (Å²) in [6.45, 7) is 6.88. The number of thioether (sulfide) groups is 3. The Morgan fingerprint density at radius 3 is 2.30 bits per heavy atom. The van der Waals surface area contributed by atoms with Crippen LogP contribution in [-0.2, 0) is 9.59 Å². The maximum absolute atomic E-state index is 12.7. The van der Waals surface area contributed by atoms with Gasteiger partial charge < -0.3 is 21.3 Å².